The smallest absolute Gasteiger partial charge is 0.408 e. The molecule has 21 heavy (non-hydrogen) atoms. The van der Waals surface area contributed by atoms with Crippen molar-refractivity contribution in [3.8, 4) is 0 Å². The van der Waals surface area contributed by atoms with Crippen LogP contribution < -0.4 is 5.32 Å². The highest BCUT2D eigenvalue weighted by molar-refractivity contribution is 5.80. The van der Waals surface area contributed by atoms with Crippen molar-refractivity contribution < 1.29 is 19.4 Å². The minimum atomic E-state index is -1.05. The standard InChI is InChI=1S/C16H27NO4/c1-5-6-8-11-9-7-10-12(11)21-15(20)17-13(14(18)19)16(2,3)4/h5,11-13H,1,6-10H2,2-4H3,(H,17,20)(H,18,19)/t11-,12-,13-/m1/s1. The summed E-state index contributed by atoms with van der Waals surface area (Å²) in [6, 6.07) is -0.960. The minimum absolute atomic E-state index is 0.112. The zero-order chi connectivity index (χ0) is 16.0. The maximum atomic E-state index is 12.0. The molecule has 5 heteroatoms. The third-order valence-electron chi connectivity index (χ3n) is 3.96. The van der Waals surface area contributed by atoms with Gasteiger partial charge in [-0.1, -0.05) is 26.8 Å². The maximum absolute atomic E-state index is 12.0. The lowest BCUT2D eigenvalue weighted by atomic mass is 9.87. The Balaban J connectivity index is 2.55. The number of hydrogen-bond donors (Lipinski definition) is 2. The van der Waals surface area contributed by atoms with Crippen LogP contribution >= 0.6 is 0 Å². The van der Waals surface area contributed by atoms with Gasteiger partial charge in [0.15, 0.2) is 0 Å². The second kappa shape index (κ2) is 7.48. The molecule has 0 bridgehead atoms. The van der Waals surface area contributed by atoms with Gasteiger partial charge in [0.05, 0.1) is 0 Å². The summed E-state index contributed by atoms with van der Waals surface area (Å²) in [5, 5.41) is 11.7. The van der Waals surface area contributed by atoms with Gasteiger partial charge in [-0.25, -0.2) is 9.59 Å². The lowest BCUT2D eigenvalue weighted by Gasteiger charge is -2.28. The first-order valence-corrected chi connectivity index (χ1v) is 7.56. The van der Waals surface area contributed by atoms with Crippen LogP contribution in [0.3, 0.4) is 0 Å². The normalized spacial score (nSPS) is 23.4. The maximum Gasteiger partial charge on any atom is 0.408 e. The van der Waals surface area contributed by atoms with Gasteiger partial charge in [0.2, 0.25) is 0 Å². The molecule has 1 aliphatic rings. The molecule has 0 aromatic carbocycles. The molecule has 120 valence electrons. The van der Waals surface area contributed by atoms with E-state index >= 15 is 0 Å². The van der Waals surface area contributed by atoms with E-state index in [0.29, 0.717) is 5.92 Å². The summed E-state index contributed by atoms with van der Waals surface area (Å²) in [4.78, 5) is 23.2. The van der Waals surface area contributed by atoms with Crippen LogP contribution in [-0.2, 0) is 9.53 Å². The first-order chi connectivity index (χ1) is 9.75. The number of carboxylic acids is 1. The van der Waals surface area contributed by atoms with E-state index in [1.807, 2.05) is 6.08 Å². The van der Waals surface area contributed by atoms with Crippen LogP contribution in [-0.4, -0.2) is 29.3 Å². The molecule has 1 fully saturated rings. The summed E-state index contributed by atoms with van der Waals surface area (Å²) in [5.74, 6) is -0.694. The molecule has 1 amide bonds. The third kappa shape index (κ3) is 5.40. The van der Waals surface area contributed by atoms with Crippen molar-refractivity contribution in [1.82, 2.24) is 5.32 Å². The molecular weight excluding hydrogens is 270 g/mol. The number of nitrogens with one attached hydrogen (secondary N) is 1. The molecule has 1 aliphatic carbocycles. The number of carbonyl (C=O) groups excluding carboxylic acids is 1. The Labute approximate surface area is 126 Å². The summed E-state index contributed by atoms with van der Waals surface area (Å²) in [6.45, 7) is 9.03. The van der Waals surface area contributed by atoms with Gasteiger partial charge >= 0.3 is 12.1 Å². The van der Waals surface area contributed by atoms with Crippen molar-refractivity contribution in [2.75, 3.05) is 0 Å². The van der Waals surface area contributed by atoms with E-state index < -0.39 is 23.5 Å². The first-order valence-electron chi connectivity index (χ1n) is 7.56. The molecule has 0 aliphatic heterocycles. The second-order valence-corrected chi connectivity index (χ2v) is 6.78. The average molecular weight is 297 g/mol. The summed E-state index contributed by atoms with van der Waals surface area (Å²) < 4.78 is 5.45. The molecule has 0 aromatic heterocycles. The molecule has 1 saturated carbocycles. The molecule has 3 atom stereocenters. The van der Waals surface area contributed by atoms with Crippen LogP contribution in [0.2, 0.25) is 0 Å². The highest BCUT2D eigenvalue weighted by Crippen LogP contribution is 2.32. The van der Waals surface area contributed by atoms with Crippen molar-refractivity contribution in [3.63, 3.8) is 0 Å². The minimum Gasteiger partial charge on any atom is -0.480 e. The predicted molar refractivity (Wildman–Crippen MR) is 81.1 cm³/mol. The molecular formula is C16H27NO4. The number of hydrogen-bond acceptors (Lipinski definition) is 3. The fourth-order valence-electron chi connectivity index (χ4n) is 2.76. The Morgan fingerprint density at radius 1 is 1.43 bits per heavy atom. The zero-order valence-electron chi connectivity index (χ0n) is 13.2. The predicted octanol–water partition coefficient (Wildman–Crippen LogP) is 3.35. The van der Waals surface area contributed by atoms with Crippen LogP contribution in [0, 0.1) is 11.3 Å². The number of allylic oxidation sites excluding steroid dienone is 1. The van der Waals surface area contributed by atoms with Gasteiger partial charge in [-0.05, 0) is 43.4 Å². The number of amides is 1. The van der Waals surface area contributed by atoms with Crippen LogP contribution in [0.25, 0.3) is 0 Å². The lowest BCUT2D eigenvalue weighted by molar-refractivity contribution is -0.142. The SMILES string of the molecule is C=CCC[C@@H]1CCC[C@H]1OC(=O)N[C@H](C(=O)O)C(C)(C)C. The van der Waals surface area contributed by atoms with E-state index in [1.165, 1.54) is 0 Å². The van der Waals surface area contributed by atoms with Gasteiger partial charge in [0, 0.05) is 0 Å². The molecule has 2 N–H and O–H groups in total. The molecule has 0 spiro atoms. The van der Waals surface area contributed by atoms with Gasteiger partial charge in [-0.15, -0.1) is 6.58 Å². The lowest BCUT2D eigenvalue weighted by Crippen LogP contribution is -2.50. The molecule has 5 nitrogen and oxygen atoms in total. The van der Waals surface area contributed by atoms with Gasteiger partial charge in [0.1, 0.15) is 12.1 Å². The highest BCUT2D eigenvalue weighted by atomic mass is 16.6. The van der Waals surface area contributed by atoms with Crippen molar-refractivity contribution in [1.29, 1.82) is 0 Å². The van der Waals surface area contributed by atoms with Crippen molar-refractivity contribution >= 4 is 12.1 Å². The molecule has 0 radical (unpaired) electrons. The monoisotopic (exact) mass is 297 g/mol. The van der Waals surface area contributed by atoms with E-state index in [2.05, 4.69) is 11.9 Å². The van der Waals surface area contributed by atoms with Crippen LogP contribution in [0.4, 0.5) is 4.79 Å². The van der Waals surface area contributed by atoms with Gasteiger partial charge in [0.25, 0.3) is 0 Å². The zero-order valence-corrected chi connectivity index (χ0v) is 13.2. The first kappa shape index (κ1) is 17.5. The van der Waals surface area contributed by atoms with Crippen LogP contribution in [0.1, 0.15) is 52.9 Å². The second-order valence-electron chi connectivity index (χ2n) is 6.78. The average Bonchev–Trinajstić information content (AvgIpc) is 2.79. The molecule has 0 saturated heterocycles. The Hall–Kier alpha value is -1.52. The van der Waals surface area contributed by atoms with Crippen molar-refractivity contribution in [3.05, 3.63) is 12.7 Å². The van der Waals surface area contributed by atoms with Gasteiger partial charge in [-0.2, -0.15) is 0 Å². The fraction of sp³-hybridized carbons (Fsp3) is 0.750. The summed E-state index contributed by atoms with van der Waals surface area (Å²) in [6.07, 6.45) is 5.94. The summed E-state index contributed by atoms with van der Waals surface area (Å²) in [5.41, 5.74) is -0.567. The molecule has 0 unspecified atom stereocenters. The number of aliphatic carboxylic acids is 1. The van der Waals surface area contributed by atoms with Crippen molar-refractivity contribution in [2.24, 2.45) is 11.3 Å². The quantitative estimate of drug-likeness (QED) is 0.737. The Morgan fingerprint density at radius 2 is 2.10 bits per heavy atom. The molecule has 0 aromatic rings. The largest absolute Gasteiger partial charge is 0.480 e. The van der Waals surface area contributed by atoms with E-state index in [1.54, 1.807) is 20.8 Å². The van der Waals surface area contributed by atoms with E-state index in [-0.39, 0.29) is 6.10 Å². The molecule has 0 heterocycles. The van der Waals surface area contributed by atoms with E-state index in [0.717, 1.165) is 32.1 Å². The van der Waals surface area contributed by atoms with E-state index in [4.69, 9.17) is 4.74 Å². The third-order valence-corrected chi connectivity index (χ3v) is 3.96. The number of carbonyl (C=O) groups is 2. The molecule has 1 rings (SSSR count). The Kier molecular flexibility index (Phi) is 6.24. The fourth-order valence-corrected chi connectivity index (χ4v) is 2.76. The van der Waals surface area contributed by atoms with Crippen LogP contribution in [0.15, 0.2) is 12.7 Å². The van der Waals surface area contributed by atoms with Gasteiger partial charge < -0.3 is 15.2 Å². The Bertz CT molecular complexity index is 386. The Morgan fingerprint density at radius 3 is 2.62 bits per heavy atom. The topological polar surface area (TPSA) is 75.6 Å². The van der Waals surface area contributed by atoms with Crippen LogP contribution in [0.5, 0.6) is 0 Å². The summed E-state index contributed by atoms with van der Waals surface area (Å²) >= 11 is 0. The number of ether oxygens (including phenoxy) is 1. The number of rotatable bonds is 6. The van der Waals surface area contributed by atoms with E-state index in [9.17, 15) is 14.7 Å². The highest BCUT2D eigenvalue weighted by Gasteiger charge is 2.35. The summed E-state index contributed by atoms with van der Waals surface area (Å²) in [7, 11) is 0. The number of carboxylic acid groups (broad SMARTS) is 1. The van der Waals surface area contributed by atoms with Crippen molar-refractivity contribution in [2.45, 2.75) is 65.0 Å². The number of alkyl carbamates (subject to hydrolysis) is 1. The van der Waals surface area contributed by atoms with Gasteiger partial charge in [-0.3, -0.25) is 0 Å².